The van der Waals surface area contributed by atoms with Crippen LogP contribution in [0.1, 0.15) is 44.6 Å². The van der Waals surface area contributed by atoms with E-state index in [1.54, 1.807) is 4.68 Å². The topological polar surface area (TPSA) is 92.9 Å². The number of aliphatic hydroxyl groups excluding tert-OH is 1. The van der Waals surface area contributed by atoms with Crippen molar-refractivity contribution >= 4 is 17.7 Å². The van der Waals surface area contributed by atoms with Gasteiger partial charge in [-0.2, -0.15) is 0 Å². The van der Waals surface area contributed by atoms with Gasteiger partial charge in [0.05, 0.1) is 23.9 Å². The minimum absolute atomic E-state index is 0.0171. The third-order valence-corrected chi connectivity index (χ3v) is 4.89. The third-order valence-electron chi connectivity index (χ3n) is 3.96. The Balaban J connectivity index is 1.52. The van der Waals surface area contributed by atoms with E-state index < -0.39 is 5.54 Å². The lowest BCUT2D eigenvalue weighted by Gasteiger charge is -2.27. The van der Waals surface area contributed by atoms with E-state index in [9.17, 15) is 9.90 Å². The number of hydrogen-bond donors (Lipinski definition) is 2. The van der Waals surface area contributed by atoms with Crippen LogP contribution in [0.15, 0.2) is 5.16 Å². The Morgan fingerprint density at radius 3 is 2.85 bits per heavy atom. The van der Waals surface area contributed by atoms with Crippen molar-refractivity contribution in [3.63, 3.8) is 0 Å². The predicted molar refractivity (Wildman–Crippen MR) is 73.2 cm³/mol. The van der Waals surface area contributed by atoms with Crippen molar-refractivity contribution in [3.05, 3.63) is 0 Å². The molecular weight excluding hydrogens is 278 g/mol. The highest BCUT2D eigenvalue weighted by Gasteiger charge is 2.34. The number of nitrogens with one attached hydrogen (secondary N) is 1. The summed E-state index contributed by atoms with van der Waals surface area (Å²) in [5, 5.41) is 24.7. The summed E-state index contributed by atoms with van der Waals surface area (Å²) in [6, 6.07) is 0.411. The van der Waals surface area contributed by atoms with E-state index in [0.29, 0.717) is 11.2 Å². The van der Waals surface area contributed by atoms with Gasteiger partial charge in [0.25, 0.3) is 0 Å². The zero-order valence-corrected chi connectivity index (χ0v) is 12.1. The van der Waals surface area contributed by atoms with E-state index in [2.05, 4.69) is 20.8 Å². The van der Waals surface area contributed by atoms with Gasteiger partial charge < -0.3 is 10.4 Å². The maximum Gasteiger partial charge on any atom is 0.230 e. The first kappa shape index (κ1) is 13.8. The summed E-state index contributed by atoms with van der Waals surface area (Å²) in [6.07, 6.45) is 6.07. The molecule has 0 radical (unpaired) electrons. The van der Waals surface area contributed by atoms with Gasteiger partial charge >= 0.3 is 0 Å². The molecule has 1 aromatic heterocycles. The summed E-state index contributed by atoms with van der Waals surface area (Å²) in [5.74, 6) is 0.228. The Bertz CT molecular complexity index is 482. The molecule has 2 fully saturated rings. The van der Waals surface area contributed by atoms with E-state index in [1.165, 1.54) is 11.8 Å². The monoisotopic (exact) mass is 297 g/mol. The fourth-order valence-electron chi connectivity index (χ4n) is 2.67. The van der Waals surface area contributed by atoms with Crippen LogP contribution in [0.5, 0.6) is 0 Å². The Morgan fingerprint density at radius 2 is 2.20 bits per heavy atom. The first-order valence-electron chi connectivity index (χ1n) is 7.05. The Labute approximate surface area is 121 Å². The number of carbonyl (C=O) groups excluding carboxylic acids is 1. The minimum Gasteiger partial charge on any atom is -0.394 e. The number of aliphatic hydroxyl groups is 1. The summed E-state index contributed by atoms with van der Waals surface area (Å²) >= 11 is 1.36. The maximum absolute atomic E-state index is 12.0. The molecule has 0 saturated heterocycles. The number of hydrogen-bond acceptors (Lipinski definition) is 6. The third kappa shape index (κ3) is 2.95. The second-order valence-corrected chi connectivity index (χ2v) is 6.56. The predicted octanol–water partition coefficient (Wildman–Crippen LogP) is 0.521. The second kappa shape index (κ2) is 5.69. The number of aromatic nitrogens is 4. The van der Waals surface area contributed by atoms with Gasteiger partial charge in [-0.3, -0.25) is 4.79 Å². The highest BCUT2D eigenvalue weighted by Crippen LogP contribution is 2.36. The molecule has 2 N–H and O–H groups in total. The van der Waals surface area contributed by atoms with Crippen LogP contribution >= 0.6 is 11.8 Å². The fraction of sp³-hybridized carbons (Fsp3) is 0.833. The van der Waals surface area contributed by atoms with Crippen LogP contribution in [-0.4, -0.2) is 49.1 Å². The van der Waals surface area contributed by atoms with E-state index in [-0.39, 0.29) is 18.3 Å². The minimum atomic E-state index is -0.403. The van der Waals surface area contributed by atoms with E-state index in [0.717, 1.165) is 38.5 Å². The molecule has 1 aromatic rings. The SMILES string of the molecule is O=C(CSc1nnnn1C1CC1)NC1(CO)CCCC1. The van der Waals surface area contributed by atoms with Crippen LogP contribution in [0, 0.1) is 0 Å². The number of thioether (sulfide) groups is 1. The molecule has 8 heteroatoms. The lowest BCUT2D eigenvalue weighted by atomic mass is 9.99. The van der Waals surface area contributed by atoms with Crippen molar-refractivity contribution in [1.82, 2.24) is 25.5 Å². The van der Waals surface area contributed by atoms with Gasteiger partial charge in [-0.1, -0.05) is 24.6 Å². The second-order valence-electron chi connectivity index (χ2n) is 5.62. The molecule has 2 aliphatic carbocycles. The highest BCUT2D eigenvalue weighted by atomic mass is 32.2. The first-order chi connectivity index (χ1) is 9.72. The molecule has 2 aliphatic rings. The molecule has 0 bridgehead atoms. The molecule has 3 rings (SSSR count). The van der Waals surface area contributed by atoms with Crippen LogP contribution in [0.2, 0.25) is 0 Å². The Kier molecular flexibility index (Phi) is 3.93. The van der Waals surface area contributed by atoms with E-state index in [1.807, 2.05) is 0 Å². The number of nitrogens with zero attached hydrogens (tertiary/aromatic N) is 4. The molecule has 0 aromatic carbocycles. The molecule has 20 heavy (non-hydrogen) atoms. The van der Waals surface area contributed by atoms with Gasteiger partial charge in [-0.15, -0.1) is 5.10 Å². The smallest absolute Gasteiger partial charge is 0.230 e. The average molecular weight is 297 g/mol. The van der Waals surface area contributed by atoms with Gasteiger partial charge in [0.2, 0.25) is 11.1 Å². The van der Waals surface area contributed by atoms with Crippen LogP contribution in [0.4, 0.5) is 0 Å². The number of amides is 1. The van der Waals surface area contributed by atoms with Crippen molar-refractivity contribution in [2.24, 2.45) is 0 Å². The largest absolute Gasteiger partial charge is 0.394 e. The summed E-state index contributed by atoms with van der Waals surface area (Å²) in [4.78, 5) is 12.0. The van der Waals surface area contributed by atoms with Gasteiger partial charge in [0.1, 0.15) is 0 Å². The standard InChI is InChI=1S/C12H19N5O2S/c18-8-12(5-1-2-6-12)13-10(19)7-20-11-14-15-16-17(11)9-3-4-9/h9,18H,1-8H2,(H,13,19). The first-order valence-corrected chi connectivity index (χ1v) is 8.03. The lowest BCUT2D eigenvalue weighted by molar-refractivity contribution is -0.121. The van der Waals surface area contributed by atoms with Crippen LogP contribution in [0.3, 0.4) is 0 Å². The summed E-state index contributed by atoms with van der Waals surface area (Å²) in [7, 11) is 0. The molecule has 0 aliphatic heterocycles. The van der Waals surface area contributed by atoms with Crippen molar-refractivity contribution in [2.75, 3.05) is 12.4 Å². The van der Waals surface area contributed by atoms with Crippen LogP contribution in [0.25, 0.3) is 0 Å². The van der Waals surface area contributed by atoms with Crippen LogP contribution < -0.4 is 5.32 Å². The molecule has 0 atom stereocenters. The van der Waals surface area contributed by atoms with E-state index in [4.69, 9.17) is 0 Å². The van der Waals surface area contributed by atoms with Gasteiger partial charge in [0.15, 0.2) is 0 Å². The molecule has 110 valence electrons. The molecule has 0 unspecified atom stereocenters. The summed E-state index contributed by atoms with van der Waals surface area (Å²) in [6.45, 7) is 0.0171. The van der Waals surface area contributed by atoms with Crippen molar-refractivity contribution in [1.29, 1.82) is 0 Å². The van der Waals surface area contributed by atoms with Gasteiger partial charge in [0, 0.05) is 0 Å². The van der Waals surface area contributed by atoms with Crippen molar-refractivity contribution in [3.8, 4) is 0 Å². The Morgan fingerprint density at radius 1 is 1.45 bits per heavy atom. The zero-order valence-electron chi connectivity index (χ0n) is 11.3. The summed E-state index contributed by atoms with van der Waals surface area (Å²) in [5.41, 5.74) is -0.403. The van der Waals surface area contributed by atoms with Gasteiger partial charge in [-0.25, -0.2) is 4.68 Å². The number of rotatable bonds is 6. The van der Waals surface area contributed by atoms with Crippen molar-refractivity contribution < 1.29 is 9.90 Å². The van der Waals surface area contributed by atoms with E-state index >= 15 is 0 Å². The maximum atomic E-state index is 12.0. The van der Waals surface area contributed by atoms with Gasteiger partial charge in [-0.05, 0) is 36.1 Å². The molecule has 1 heterocycles. The number of carbonyl (C=O) groups is 1. The summed E-state index contributed by atoms with van der Waals surface area (Å²) < 4.78 is 1.80. The quantitative estimate of drug-likeness (QED) is 0.744. The zero-order chi connectivity index (χ0) is 14.0. The lowest BCUT2D eigenvalue weighted by Crippen LogP contribution is -2.49. The normalized spacial score (nSPS) is 21.1. The molecule has 2 saturated carbocycles. The van der Waals surface area contributed by atoms with Crippen molar-refractivity contribution in [2.45, 2.75) is 55.3 Å². The molecule has 0 spiro atoms. The highest BCUT2D eigenvalue weighted by molar-refractivity contribution is 7.99. The molecule has 1 amide bonds. The average Bonchev–Trinajstić information content (AvgIpc) is 3.01. The van der Waals surface area contributed by atoms with Crippen LogP contribution in [-0.2, 0) is 4.79 Å². The molecule has 7 nitrogen and oxygen atoms in total. The molecular formula is C12H19N5O2S. The fourth-order valence-corrected chi connectivity index (χ4v) is 3.41. The Hall–Kier alpha value is -1.15. The number of tetrazole rings is 1.